The highest BCUT2D eigenvalue weighted by Crippen LogP contribution is 2.54. The molecule has 0 bridgehead atoms. The van der Waals surface area contributed by atoms with Crippen LogP contribution >= 0.6 is 39.0 Å². The minimum Gasteiger partial charge on any atom is -0.324 e. The van der Waals surface area contributed by atoms with E-state index in [4.69, 9.17) is 0 Å². The normalized spacial score (nSPS) is 19.7. The van der Waals surface area contributed by atoms with Crippen molar-refractivity contribution in [3.05, 3.63) is 109 Å². The van der Waals surface area contributed by atoms with Gasteiger partial charge in [-0.3, -0.25) is 23.7 Å². The van der Waals surface area contributed by atoms with Gasteiger partial charge < -0.3 is 5.32 Å². The van der Waals surface area contributed by atoms with Gasteiger partial charge in [0.25, 0.3) is 0 Å². The molecule has 3 atom stereocenters. The summed E-state index contributed by atoms with van der Waals surface area (Å²) in [5, 5.41) is 1.51. The summed E-state index contributed by atoms with van der Waals surface area (Å²) in [5.41, 5.74) is -0.654. The van der Waals surface area contributed by atoms with Gasteiger partial charge in [0, 0.05) is 15.3 Å². The number of hydrogen-bond acceptors (Lipinski definition) is 6. The van der Waals surface area contributed by atoms with Crippen molar-refractivity contribution in [2.24, 2.45) is 5.92 Å². The number of thioether (sulfide) groups is 1. The monoisotopic (exact) mass is 691 g/mol. The number of fused-ring (bicyclic) bond motifs is 2. The van der Waals surface area contributed by atoms with E-state index in [1.165, 1.54) is 36.4 Å². The zero-order valence-electron chi connectivity index (χ0n) is 21.6. The number of nitrogens with one attached hydrogen (secondary N) is 1. The van der Waals surface area contributed by atoms with Crippen LogP contribution in [-0.4, -0.2) is 27.5 Å². The standard InChI is InChI=1S/C29H18BrF4N3O4S2/c30-15-7-11-17(12-8-15)37-25(39)22-21(14-5-9-16(31)10-6-14)24-27(42-23(22)26(37)40)36(28(41)43-24)13-20(38)35-19-4-2-1-3-18(19)29(32,33)34/h1-12,21-23H,13H2,(H,35,38). The Kier molecular flexibility index (Phi) is 7.55. The van der Waals surface area contributed by atoms with Crippen LogP contribution in [0.5, 0.6) is 0 Å². The fraction of sp³-hybridized carbons (Fsp3) is 0.172. The summed E-state index contributed by atoms with van der Waals surface area (Å²) in [7, 11) is 0. The van der Waals surface area contributed by atoms with Gasteiger partial charge >= 0.3 is 11.0 Å². The van der Waals surface area contributed by atoms with E-state index in [1.54, 1.807) is 24.3 Å². The molecule has 220 valence electrons. The molecule has 1 N–H and O–H groups in total. The Bertz CT molecular complexity index is 1820. The van der Waals surface area contributed by atoms with Crippen molar-refractivity contribution in [3.8, 4) is 0 Å². The molecule has 7 nitrogen and oxygen atoms in total. The summed E-state index contributed by atoms with van der Waals surface area (Å²) in [6.07, 6.45) is -4.72. The molecule has 1 aromatic heterocycles. The van der Waals surface area contributed by atoms with Crippen LogP contribution in [0.4, 0.5) is 28.9 Å². The Labute approximate surface area is 257 Å². The van der Waals surface area contributed by atoms with Crippen LogP contribution < -0.4 is 15.1 Å². The SMILES string of the molecule is O=C(Cn1c2c(sc1=O)C(c1ccc(F)cc1)C1C(=O)N(c3ccc(Br)cc3)C(=O)C1S2)Nc1ccccc1C(F)(F)F. The van der Waals surface area contributed by atoms with Gasteiger partial charge in [-0.2, -0.15) is 13.2 Å². The molecule has 0 saturated carbocycles. The van der Waals surface area contributed by atoms with Crippen LogP contribution in [0.15, 0.2) is 87.1 Å². The first-order valence-corrected chi connectivity index (χ1v) is 15.2. The van der Waals surface area contributed by atoms with Gasteiger partial charge in [-0.15, -0.1) is 0 Å². The summed E-state index contributed by atoms with van der Waals surface area (Å²) in [5.74, 6) is -4.15. The predicted molar refractivity (Wildman–Crippen MR) is 157 cm³/mol. The third-order valence-corrected chi connectivity index (χ3v) is 10.3. The second kappa shape index (κ2) is 11.1. The molecule has 14 heteroatoms. The molecular weight excluding hydrogens is 674 g/mol. The Balaban J connectivity index is 1.39. The highest BCUT2D eigenvalue weighted by Gasteiger charge is 2.56. The van der Waals surface area contributed by atoms with E-state index in [9.17, 15) is 36.7 Å². The molecule has 0 spiro atoms. The summed E-state index contributed by atoms with van der Waals surface area (Å²) in [6, 6.07) is 16.5. The molecule has 3 aromatic carbocycles. The second-order valence-corrected chi connectivity index (χ2v) is 12.8. The van der Waals surface area contributed by atoms with Crippen LogP contribution in [0.25, 0.3) is 0 Å². The number of anilines is 2. The predicted octanol–water partition coefficient (Wildman–Crippen LogP) is 6.26. The molecule has 4 aromatic rings. The lowest BCUT2D eigenvalue weighted by atomic mass is 9.83. The van der Waals surface area contributed by atoms with Crippen LogP contribution in [-0.2, 0) is 27.1 Å². The molecule has 6 rings (SSSR count). The van der Waals surface area contributed by atoms with E-state index >= 15 is 0 Å². The Morgan fingerprint density at radius 1 is 0.930 bits per heavy atom. The van der Waals surface area contributed by atoms with Gasteiger partial charge in [0.05, 0.1) is 27.9 Å². The third-order valence-electron chi connectivity index (χ3n) is 7.17. The first-order valence-electron chi connectivity index (χ1n) is 12.7. The average Bonchev–Trinajstić information content (AvgIpc) is 3.40. The molecule has 3 amide bonds. The van der Waals surface area contributed by atoms with Crippen molar-refractivity contribution in [1.82, 2.24) is 4.57 Å². The van der Waals surface area contributed by atoms with Crippen molar-refractivity contribution < 1.29 is 31.9 Å². The number of imide groups is 1. The molecule has 2 aliphatic heterocycles. The maximum atomic E-state index is 13.9. The minimum absolute atomic E-state index is 0.253. The second-order valence-electron chi connectivity index (χ2n) is 9.80. The van der Waals surface area contributed by atoms with Gasteiger partial charge in [-0.05, 0) is 54.1 Å². The van der Waals surface area contributed by atoms with E-state index in [-0.39, 0.29) is 5.03 Å². The lowest BCUT2D eigenvalue weighted by molar-refractivity contribution is -0.137. The number of amides is 3. The molecule has 2 aliphatic rings. The highest BCUT2D eigenvalue weighted by atomic mass is 79.9. The number of carbonyl (C=O) groups is 3. The van der Waals surface area contributed by atoms with Gasteiger partial charge in [-0.1, -0.05) is 63.3 Å². The average molecular weight is 693 g/mol. The number of rotatable bonds is 5. The van der Waals surface area contributed by atoms with Crippen molar-refractivity contribution in [3.63, 3.8) is 0 Å². The molecule has 3 heterocycles. The topological polar surface area (TPSA) is 88.5 Å². The number of alkyl halides is 3. The molecular formula is C29H18BrF4N3O4S2. The van der Waals surface area contributed by atoms with Gasteiger partial charge in [0.1, 0.15) is 17.6 Å². The maximum absolute atomic E-state index is 13.9. The molecule has 43 heavy (non-hydrogen) atoms. The zero-order chi connectivity index (χ0) is 30.6. The molecule has 3 unspecified atom stereocenters. The fourth-order valence-corrected chi connectivity index (χ4v) is 8.34. The van der Waals surface area contributed by atoms with Crippen LogP contribution in [0, 0.1) is 11.7 Å². The lowest BCUT2D eigenvalue weighted by Crippen LogP contribution is -2.33. The highest BCUT2D eigenvalue weighted by molar-refractivity contribution is 9.10. The number of aromatic nitrogens is 1. The zero-order valence-corrected chi connectivity index (χ0v) is 24.8. The van der Waals surface area contributed by atoms with Gasteiger partial charge in [-0.25, -0.2) is 9.29 Å². The minimum atomic E-state index is -4.72. The third kappa shape index (κ3) is 5.31. The first kappa shape index (κ1) is 29.3. The van der Waals surface area contributed by atoms with E-state index in [2.05, 4.69) is 21.2 Å². The van der Waals surface area contributed by atoms with Crippen molar-refractivity contribution in [2.75, 3.05) is 10.2 Å². The number of para-hydroxylation sites is 1. The quantitative estimate of drug-likeness (QED) is 0.197. The molecule has 1 fully saturated rings. The van der Waals surface area contributed by atoms with Crippen molar-refractivity contribution in [1.29, 1.82) is 0 Å². The van der Waals surface area contributed by atoms with Crippen LogP contribution in [0.1, 0.15) is 21.9 Å². The van der Waals surface area contributed by atoms with Gasteiger partial charge in [0.2, 0.25) is 17.7 Å². The van der Waals surface area contributed by atoms with E-state index < -0.39 is 69.5 Å². The maximum Gasteiger partial charge on any atom is 0.418 e. The Morgan fingerprint density at radius 2 is 1.60 bits per heavy atom. The molecule has 0 radical (unpaired) electrons. The molecule has 1 saturated heterocycles. The first-order chi connectivity index (χ1) is 20.4. The van der Waals surface area contributed by atoms with Crippen LogP contribution in [0.3, 0.4) is 0 Å². The van der Waals surface area contributed by atoms with Crippen molar-refractivity contribution >= 4 is 68.1 Å². The fourth-order valence-electron chi connectivity index (χ4n) is 5.30. The van der Waals surface area contributed by atoms with E-state index in [1.807, 2.05) is 0 Å². The summed E-state index contributed by atoms with van der Waals surface area (Å²) in [6.45, 7) is -0.629. The molecule has 0 aliphatic carbocycles. The Morgan fingerprint density at radius 3 is 2.28 bits per heavy atom. The Hall–Kier alpha value is -3.75. The van der Waals surface area contributed by atoms with Crippen molar-refractivity contribution in [2.45, 2.75) is 28.9 Å². The lowest BCUT2D eigenvalue weighted by Gasteiger charge is -2.30. The van der Waals surface area contributed by atoms with E-state index in [0.717, 1.165) is 49.2 Å². The number of hydrogen-bond donors (Lipinski definition) is 1. The summed E-state index contributed by atoms with van der Waals surface area (Å²) >= 11 is 5.07. The van der Waals surface area contributed by atoms with Gasteiger partial charge in [0.15, 0.2) is 0 Å². The number of carbonyl (C=O) groups excluding carboxylic acids is 3. The van der Waals surface area contributed by atoms with Crippen LogP contribution in [0.2, 0.25) is 0 Å². The summed E-state index contributed by atoms with van der Waals surface area (Å²) < 4.78 is 56.1. The number of nitrogens with zero attached hydrogens (tertiary/aromatic N) is 2. The smallest absolute Gasteiger partial charge is 0.324 e. The van der Waals surface area contributed by atoms with E-state index in [0.29, 0.717) is 16.1 Å². The summed E-state index contributed by atoms with van der Waals surface area (Å²) in [4.78, 5) is 54.7. The number of benzene rings is 3. The number of thiazole rings is 1. The largest absolute Gasteiger partial charge is 0.418 e. The number of halogens is 5.